The van der Waals surface area contributed by atoms with Crippen LogP contribution in [0.3, 0.4) is 0 Å². The van der Waals surface area contributed by atoms with Gasteiger partial charge in [0.2, 0.25) is 0 Å². The molecule has 0 aromatic rings. The third-order valence-electron chi connectivity index (χ3n) is 0.629. The number of aliphatic hydroxyl groups is 1. The fraction of sp³-hybridized carbons (Fsp3) is 0.800. The van der Waals surface area contributed by atoms with Gasteiger partial charge in [-0.3, -0.25) is 0 Å². The van der Waals surface area contributed by atoms with E-state index in [0.29, 0.717) is 6.54 Å². The molecule has 0 aliphatic carbocycles. The molecule has 0 aliphatic heterocycles. The molecule has 0 aromatic carbocycles. The van der Waals surface area contributed by atoms with Gasteiger partial charge in [0.1, 0.15) is 0 Å². The van der Waals surface area contributed by atoms with Crippen LogP contribution in [0.25, 0.3) is 0 Å². The molecule has 0 radical (unpaired) electrons. The van der Waals surface area contributed by atoms with Crippen LogP contribution in [0.5, 0.6) is 0 Å². The Morgan fingerprint density at radius 3 is 1.86 bits per heavy atom. The van der Waals surface area contributed by atoms with Crippen LogP contribution in [0.2, 0.25) is 0 Å². The minimum absolute atomic E-state index is 0.708. The number of hydrogen-bond acceptors (Lipinski definition) is 1. The molecule has 0 saturated carbocycles. The summed E-state index contributed by atoms with van der Waals surface area (Å²) in [6.45, 7) is 1.89. The maximum absolute atomic E-state index is 8.26. The maximum atomic E-state index is 8.26. The SMILES string of the molecule is C[N+](C)(C)C[CH-]O. The predicted octanol–water partition coefficient (Wildman–Crippen LogP) is 0.227. The zero-order chi connectivity index (χ0) is 5.91. The third kappa shape index (κ3) is 5.92. The minimum Gasteiger partial charge on any atom is -0.561 e. The van der Waals surface area contributed by atoms with E-state index in [9.17, 15) is 0 Å². The highest BCUT2D eigenvalue weighted by molar-refractivity contribution is 4.38. The summed E-state index contributed by atoms with van der Waals surface area (Å²) in [5.41, 5.74) is 0. The number of aliphatic hydroxyl groups excluding tert-OH is 1. The van der Waals surface area contributed by atoms with Crippen molar-refractivity contribution in [1.82, 2.24) is 0 Å². The van der Waals surface area contributed by atoms with Crippen LogP contribution in [0.1, 0.15) is 0 Å². The van der Waals surface area contributed by atoms with Crippen LogP contribution < -0.4 is 0 Å². The third-order valence-corrected chi connectivity index (χ3v) is 0.629. The van der Waals surface area contributed by atoms with Gasteiger partial charge in [-0.2, -0.15) is 6.61 Å². The topological polar surface area (TPSA) is 20.2 Å². The van der Waals surface area contributed by atoms with E-state index in [-0.39, 0.29) is 0 Å². The Hall–Kier alpha value is -0.0800. The Morgan fingerprint density at radius 2 is 1.86 bits per heavy atom. The fourth-order valence-corrected chi connectivity index (χ4v) is 0.245. The van der Waals surface area contributed by atoms with Crippen molar-refractivity contribution in [3.63, 3.8) is 0 Å². The highest BCUT2D eigenvalue weighted by Gasteiger charge is 1.96. The number of quaternary nitrogens is 1. The van der Waals surface area contributed by atoms with Crippen molar-refractivity contribution in [2.75, 3.05) is 27.7 Å². The van der Waals surface area contributed by atoms with Gasteiger partial charge in [0.05, 0.1) is 21.1 Å². The first kappa shape index (κ1) is 6.92. The molecule has 7 heavy (non-hydrogen) atoms. The first-order chi connectivity index (χ1) is 3.06. The van der Waals surface area contributed by atoms with Crippen LogP contribution in [0, 0.1) is 6.61 Å². The summed E-state index contributed by atoms with van der Waals surface area (Å²) >= 11 is 0. The number of hydrogen-bond donors (Lipinski definition) is 1. The second-order valence-corrected chi connectivity index (χ2v) is 2.66. The zero-order valence-corrected chi connectivity index (χ0v) is 5.18. The predicted molar refractivity (Wildman–Crippen MR) is 29.1 cm³/mol. The molecule has 0 spiro atoms. The van der Waals surface area contributed by atoms with Crippen LogP contribution in [0.15, 0.2) is 0 Å². The number of nitrogens with zero attached hydrogens (tertiary/aromatic N) is 1. The highest BCUT2D eigenvalue weighted by atomic mass is 16.3. The lowest BCUT2D eigenvalue weighted by molar-refractivity contribution is -0.867. The molecule has 2 nitrogen and oxygen atoms in total. The van der Waals surface area contributed by atoms with Crippen molar-refractivity contribution in [1.29, 1.82) is 0 Å². The molecule has 0 fully saturated rings. The van der Waals surface area contributed by atoms with E-state index in [0.717, 1.165) is 4.48 Å². The van der Waals surface area contributed by atoms with Crippen LogP contribution >= 0.6 is 0 Å². The zero-order valence-electron chi connectivity index (χ0n) is 5.18. The molecule has 0 heterocycles. The van der Waals surface area contributed by atoms with Crippen LogP contribution in [-0.4, -0.2) is 37.3 Å². The molecule has 0 aromatic heterocycles. The smallest absolute Gasteiger partial charge is 0.0657 e. The molecule has 2 heteroatoms. The van der Waals surface area contributed by atoms with Gasteiger partial charge in [-0.15, -0.1) is 0 Å². The molecule has 1 N–H and O–H groups in total. The van der Waals surface area contributed by atoms with E-state index in [1.54, 1.807) is 0 Å². The molecule has 0 amide bonds. The summed E-state index contributed by atoms with van der Waals surface area (Å²) in [6.07, 6.45) is 0. The molecular formula is C5H13NO. The largest absolute Gasteiger partial charge is 0.561 e. The second-order valence-electron chi connectivity index (χ2n) is 2.66. The summed E-state index contributed by atoms with van der Waals surface area (Å²) in [6, 6.07) is 0. The average molecular weight is 103 g/mol. The van der Waals surface area contributed by atoms with Gasteiger partial charge < -0.3 is 9.59 Å². The lowest BCUT2D eigenvalue weighted by atomic mass is 10.5. The van der Waals surface area contributed by atoms with Gasteiger partial charge in [-0.25, -0.2) is 0 Å². The van der Waals surface area contributed by atoms with E-state index in [1.807, 2.05) is 21.1 Å². The molecular weight excluding hydrogens is 90.1 g/mol. The summed E-state index contributed by atoms with van der Waals surface area (Å²) in [5, 5.41) is 8.26. The first-order valence-corrected chi connectivity index (χ1v) is 2.32. The van der Waals surface area contributed by atoms with E-state index in [1.165, 1.54) is 6.61 Å². The van der Waals surface area contributed by atoms with Gasteiger partial charge in [-0.05, 0) is 6.54 Å². The van der Waals surface area contributed by atoms with Gasteiger partial charge in [-0.1, -0.05) is 0 Å². The summed E-state index contributed by atoms with van der Waals surface area (Å²) in [7, 11) is 6.06. The van der Waals surface area contributed by atoms with Crippen LogP contribution in [-0.2, 0) is 0 Å². The van der Waals surface area contributed by atoms with E-state index in [4.69, 9.17) is 5.11 Å². The Morgan fingerprint density at radius 1 is 1.43 bits per heavy atom. The van der Waals surface area contributed by atoms with Crippen molar-refractivity contribution in [3.05, 3.63) is 6.61 Å². The number of rotatable bonds is 2. The van der Waals surface area contributed by atoms with Crippen molar-refractivity contribution < 1.29 is 9.59 Å². The van der Waals surface area contributed by atoms with Gasteiger partial charge in [0.15, 0.2) is 0 Å². The van der Waals surface area contributed by atoms with Gasteiger partial charge >= 0.3 is 0 Å². The quantitative estimate of drug-likeness (QED) is 0.392. The first-order valence-electron chi connectivity index (χ1n) is 2.32. The molecule has 0 rings (SSSR count). The highest BCUT2D eigenvalue weighted by Crippen LogP contribution is 1.87. The summed E-state index contributed by atoms with van der Waals surface area (Å²) in [5.74, 6) is 0. The second kappa shape index (κ2) is 2.28. The average Bonchev–Trinajstić information content (AvgIpc) is 1.30. The molecule has 0 bridgehead atoms. The van der Waals surface area contributed by atoms with E-state index in [2.05, 4.69) is 0 Å². The Labute approximate surface area is 45.0 Å². The molecule has 0 saturated heterocycles. The fourth-order valence-electron chi connectivity index (χ4n) is 0.245. The van der Waals surface area contributed by atoms with Crippen molar-refractivity contribution >= 4 is 0 Å². The van der Waals surface area contributed by atoms with Crippen molar-refractivity contribution in [3.8, 4) is 0 Å². The van der Waals surface area contributed by atoms with E-state index < -0.39 is 0 Å². The van der Waals surface area contributed by atoms with Crippen molar-refractivity contribution in [2.24, 2.45) is 0 Å². The molecule has 0 unspecified atom stereocenters. The summed E-state index contributed by atoms with van der Waals surface area (Å²) < 4.78 is 0.788. The Bertz CT molecular complexity index is 46.5. The molecule has 0 aliphatic rings. The Balaban J connectivity index is 3.15. The monoisotopic (exact) mass is 103 g/mol. The van der Waals surface area contributed by atoms with E-state index >= 15 is 0 Å². The lowest BCUT2D eigenvalue weighted by Crippen LogP contribution is -2.35. The normalized spacial score (nSPS) is 12.0. The Kier molecular flexibility index (Phi) is 2.26. The summed E-state index contributed by atoms with van der Waals surface area (Å²) in [4.78, 5) is 0. The molecule has 44 valence electrons. The number of likely N-dealkylation sites (N-methyl/N-ethyl adjacent to an activating group) is 1. The lowest BCUT2D eigenvalue weighted by Gasteiger charge is -2.27. The molecule has 0 atom stereocenters. The van der Waals surface area contributed by atoms with Gasteiger partial charge in [0, 0.05) is 0 Å². The van der Waals surface area contributed by atoms with Gasteiger partial charge in [0.25, 0.3) is 0 Å². The van der Waals surface area contributed by atoms with Crippen LogP contribution in [0.4, 0.5) is 0 Å². The van der Waals surface area contributed by atoms with Crippen molar-refractivity contribution in [2.45, 2.75) is 0 Å². The standard InChI is InChI=1S/C5H13NO/c1-6(2,3)4-5-7/h5,7H,4H2,1-3H3. The minimum atomic E-state index is 0.708. The maximum Gasteiger partial charge on any atom is 0.0657 e.